The number of methoxy groups -OCH3 is 1. The first kappa shape index (κ1) is 13.7. The molecule has 1 unspecified atom stereocenters. The predicted octanol–water partition coefficient (Wildman–Crippen LogP) is 3.15. The summed E-state index contributed by atoms with van der Waals surface area (Å²) in [5.74, 6) is 1.44. The summed E-state index contributed by atoms with van der Waals surface area (Å²) in [6, 6.07) is 6.43. The van der Waals surface area contributed by atoms with Gasteiger partial charge in [0.1, 0.15) is 5.75 Å². The fourth-order valence-corrected chi connectivity index (χ4v) is 2.01. The van der Waals surface area contributed by atoms with E-state index in [1.165, 1.54) is 6.42 Å². The van der Waals surface area contributed by atoms with Crippen molar-refractivity contribution in [2.75, 3.05) is 24.8 Å². The largest absolute Gasteiger partial charge is 0.495 e. The summed E-state index contributed by atoms with van der Waals surface area (Å²) in [5, 5.41) is 0. The molecule has 1 aromatic rings. The molecule has 1 aromatic carbocycles. The zero-order chi connectivity index (χ0) is 13.0. The second-order valence-corrected chi connectivity index (χ2v) is 5.02. The molecule has 0 aliphatic heterocycles. The number of anilines is 2. The number of rotatable bonds is 5. The van der Waals surface area contributed by atoms with Gasteiger partial charge in [-0.2, -0.15) is 0 Å². The van der Waals surface area contributed by atoms with Gasteiger partial charge in [0.25, 0.3) is 0 Å². The first-order valence-electron chi connectivity index (χ1n) is 6.12. The lowest BCUT2D eigenvalue weighted by atomic mass is 10.0. The Morgan fingerprint density at radius 1 is 1.29 bits per heavy atom. The average molecular weight is 236 g/mol. The van der Waals surface area contributed by atoms with Gasteiger partial charge in [0.05, 0.1) is 12.8 Å². The molecule has 0 bridgehead atoms. The van der Waals surface area contributed by atoms with Crippen molar-refractivity contribution >= 4 is 11.4 Å². The van der Waals surface area contributed by atoms with Crippen LogP contribution in [0.4, 0.5) is 11.4 Å². The highest BCUT2D eigenvalue weighted by molar-refractivity contribution is 5.62. The Labute approximate surface area is 105 Å². The van der Waals surface area contributed by atoms with Crippen molar-refractivity contribution in [1.82, 2.24) is 0 Å². The molecule has 0 aliphatic carbocycles. The Balaban J connectivity index is 2.84. The van der Waals surface area contributed by atoms with Crippen molar-refractivity contribution in [3.63, 3.8) is 0 Å². The highest BCUT2D eigenvalue weighted by Gasteiger charge is 2.13. The minimum Gasteiger partial charge on any atom is -0.495 e. The summed E-state index contributed by atoms with van der Waals surface area (Å²) in [6.45, 7) is 6.73. The molecule has 2 N–H and O–H groups in total. The van der Waals surface area contributed by atoms with E-state index < -0.39 is 0 Å². The molecule has 0 aliphatic rings. The van der Waals surface area contributed by atoms with Crippen LogP contribution in [-0.2, 0) is 0 Å². The molecule has 0 heterocycles. The highest BCUT2D eigenvalue weighted by atomic mass is 16.5. The molecular weight excluding hydrogens is 212 g/mol. The molecule has 17 heavy (non-hydrogen) atoms. The van der Waals surface area contributed by atoms with Gasteiger partial charge in [-0.25, -0.2) is 0 Å². The Hall–Kier alpha value is -1.38. The van der Waals surface area contributed by atoms with Crippen molar-refractivity contribution < 1.29 is 4.74 Å². The van der Waals surface area contributed by atoms with Crippen LogP contribution >= 0.6 is 0 Å². The van der Waals surface area contributed by atoms with Gasteiger partial charge in [0.15, 0.2) is 0 Å². The summed E-state index contributed by atoms with van der Waals surface area (Å²) in [7, 11) is 3.75. The summed E-state index contributed by atoms with van der Waals surface area (Å²) in [6.07, 6.45) is 1.17. The maximum Gasteiger partial charge on any atom is 0.143 e. The number of nitrogens with two attached hydrogens (primary N) is 1. The molecule has 0 spiro atoms. The monoisotopic (exact) mass is 236 g/mol. The topological polar surface area (TPSA) is 38.5 Å². The number of nitrogens with zero attached hydrogens (tertiary/aromatic N) is 1. The van der Waals surface area contributed by atoms with Gasteiger partial charge in [0.2, 0.25) is 0 Å². The Bertz CT molecular complexity index is 363. The molecule has 1 atom stereocenters. The van der Waals surface area contributed by atoms with Gasteiger partial charge in [-0.05, 0) is 31.4 Å². The van der Waals surface area contributed by atoms with Gasteiger partial charge in [-0.3, -0.25) is 0 Å². The van der Waals surface area contributed by atoms with E-state index in [1.807, 2.05) is 18.2 Å². The zero-order valence-corrected chi connectivity index (χ0v) is 11.5. The quantitative estimate of drug-likeness (QED) is 0.798. The third-order valence-electron chi connectivity index (χ3n) is 3.10. The van der Waals surface area contributed by atoms with Crippen LogP contribution in [0, 0.1) is 5.92 Å². The molecular formula is C14H24N2O. The third-order valence-corrected chi connectivity index (χ3v) is 3.10. The van der Waals surface area contributed by atoms with E-state index in [-0.39, 0.29) is 0 Å². The third kappa shape index (κ3) is 3.55. The van der Waals surface area contributed by atoms with Crippen molar-refractivity contribution in [2.24, 2.45) is 5.92 Å². The van der Waals surface area contributed by atoms with Crippen LogP contribution in [0.2, 0.25) is 0 Å². The summed E-state index contributed by atoms with van der Waals surface area (Å²) < 4.78 is 5.24. The average Bonchev–Trinajstić information content (AvgIpc) is 2.27. The molecule has 0 saturated heterocycles. The smallest absolute Gasteiger partial charge is 0.143 e. The summed E-state index contributed by atoms with van der Waals surface area (Å²) in [4.78, 5) is 2.27. The van der Waals surface area contributed by atoms with Gasteiger partial charge >= 0.3 is 0 Å². The fourth-order valence-electron chi connectivity index (χ4n) is 2.01. The molecule has 0 saturated carbocycles. The number of nitrogen functional groups attached to an aromatic ring is 1. The first-order valence-corrected chi connectivity index (χ1v) is 6.12. The number of benzene rings is 1. The maximum atomic E-state index is 5.81. The van der Waals surface area contributed by atoms with Crippen LogP contribution in [0.1, 0.15) is 27.2 Å². The van der Waals surface area contributed by atoms with E-state index >= 15 is 0 Å². The Morgan fingerprint density at radius 3 is 2.47 bits per heavy atom. The lowest BCUT2D eigenvalue weighted by Gasteiger charge is -2.28. The van der Waals surface area contributed by atoms with Crippen LogP contribution in [0.5, 0.6) is 5.75 Å². The molecule has 96 valence electrons. The van der Waals surface area contributed by atoms with Crippen molar-refractivity contribution in [3.8, 4) is 5.75 Å². The SMILES string of the molecule is COc1cc(N(C)C(C)CC(C)C)ccc1N. The molecule has 0 aromatic heterocycles. The zero-order valence-electron chi connectivity index (χ0n) is 11.5. The van der Waals surface area contributed by atoms with Gasteiger partial charge in [0, 0.05) is 24.8 Å². The van der Waals surface area contributed by atoms with E-state index in [0.717, 1.165) is 11.4 Å². The highest BCUT2D eigenvalue weighted by Crippen LogP contribution is 2.28. The molecule has 3 heteroatoms. The second-order valence-electron chi connectivity index (χ2n) is 5.02. The maximum absolute atomic E-state index is 5.81. The summed E-state index contributed by atoms with van der Waals surface area (Å²) >= 11 is 0. The van der Waals surface area contributed by atoms with E-state index in [1.54, 1.807) is 7.11 Å². The minimum absolute atomic E-state index is 0.503. The predicted molar refractivity (Wildman–Crippen MR) is 74.7 cm³/mol. The molecule has 0 fully saturated rings. The van der Waals surface area contributed by atoms with Crippen molar-refractivity contribution in [3.05, 3.63) is 18.2 Å². The van der Waals surface area contributed by atoms with Crippen LogP contribution in [0.15, 0.2) is 18.2 Å². The van der Waals surface area contributed by atoms with Crippen LogP contribution in [0.3, 0.4) is 0 Å². The van der Waals surface area contributed by atoms with Gasteiger partial charge in [-0.15, -0.1) is 0 Å². The first-order chi connectivity index (χ1) is 7.95. The van der Waals surface area contributed by atoms with Crippen LogP contribution in [0.25, 0.3) is 0 Å². The van der Waals surface area contributed by atoms with Gasteiger partial charge < -0.3 is 15.4 Å². The van der Waals surface area contributed by atoms with Crippen molar-refractivity contribution in [1.29, 1.82) is 0 Å². The molecule has 1 rings (SSSR count). The van der Waals surface area contributed by atoms with Crippen LogP contribution in [-0.4, -0.2) is 20.2 Å². The van der Waals surface area contributed by atoms with E-state index in [2.05, 4.69) is 32.7 Å². The van der Waals surface area contributed by atoms with Gasteiger partial charge in [-0.1, -0.05) is 13.8 Å². The lowest BCUT2D eigenvalue weighted by Crippen LogP contribution is -2.30. The summed E-state index contributed by atoms with van der Waals surface area (Å²) in [5.41, 5.74) is 7.64. The van der Waals surface area contributed by atoms with E-state index in [4.69, 9.17) is 10.5 Å². The number of hydrogen-bond donors (Lipinski definition) is 1. The lowest BCUT2D eigenvalue weighted by molar-refractivity contribution is 0.416. The molecule has 3 nitrogen and oxygen atoms in total. The second kappa shape index (κ2) is 5.80. The van der Waals surface area contributed by atoms with Crippen molar-refractivity contribution in [2.45, 2.75) is 33.2 Å². The number of hydrogen-bond acceptors (Lipinski definition) is 3. The Morgan fingerprint density at radius 2 is 1.94 bits per heavy atom. The Kier molecular flexibility index (Phi) is 4.67. The molecule has 0 radical (unpaired) electrons. The normalized spacial score (nSPS) is 12.6. The standard InChI is InChI=1S/C14H24N2O/c1-10(2)8-11(3)16(4)12-6-7-13(15)14(9-12)17-5/h6-7,9-11H,8,15H2,1-5H3. The fraction of sp³-hybridized carbons (Fsp3) is 0.571. The van der Waals surface area contributed by atoms with Crippen LogP contribution < -0.4 is 15.4 Å². The van der Waals surface area contributed by atoms with E-state index in [9.17, 15) is 0 Å². The minimum atomic E-state index is 0.503. The number of ether oxygens (including phenoxy) is 1. The molecule has 0 amide bonds. The van der Waals surface area contributed by atoms with E-state index in [0.29, 0.717) is 17.6 Å².